The number of piperidine rings is 1. The molecule has 100 valence electrons. The highest BCUT2D eigenvalue weighted by atomic mass is 16.2. The van der Waals surface area contributed by atoms with Crippen molar-refractivity contribution in [2.24, 2.45) is 16.8 Å². The first kappa shape index (κ1) is 12.0. The first-order valence-corrected chi connectivity index (χ1v) is 6.45. The average Bonchev–Trinajstić information content (AvgIpc) is 2.81. The highest BCUT2D eigenvalue weighted by molar-refractivity contribution is 6.04. The molecule has 0 radical (unpaired) electrons. The molecule has 6 heteroatoms. The maximum absolute atomic E-state index is 11.3. The molecule has 3 heterocycles. The zero-order chi connectivity index (χ0) is 13.4. The van der Waals surface area contributed by atoms with Crippen LogP contribution in [0.1, 0.15) is 17.7 Å². The lowest BCUT2D eigenvalue weighted by molar-refractivity contribution is 0.177. The number of carbonyl (C=O) groups excluding carboxylic acids is 1. The van der Waals surface area contributed by atoms with Crippen molar-refractivity contribution in [3.05, 3.63) is 29.6 Å². The Labute approximate surface area is 111 Å². The third kappa shape index (κ3) is 2.14. The van der Waals surface area contributed by atoms with Gasteiger partial charge in [0.05, 0.1) is 11.8 Å². The molecule has 1 aromatic rings. The number of primary amides is 1. The minimum Gasteiger partial charge on any atom is -0.351 e. The van der Waals surface area contributed by atoms with Crippen LogP contribution in [0.15, 0.2) is 23.4 Å². The van der Waals surface area contributed by atoms with Crippen LogP contribution >= 0.6 is 0 Å². The summed E-state index contributed by atoms with van der Waals surface area (Å²) in [6.07, 6.45) is 2.67. The second-order valence-electron chi connectivity index (χ2n) is 5.10. The number of nitrogens with one attached hydrogen (secondary N) is 1. The second-order valence-corrected chi connectivity index (χ2v) is 5.10. The standard InChI is InChI=1S/C13H17N5O/c1-8-6-9(2-4-15-8)12-10-7-18(13(14)19)5-3-11(10)16-17-12/h2,4,6,10-11,16H,3,5,7H2,1H3,(H2,14,19). The van der Waals surface area contributed by atoms with E-state index < -0.39 is 0 Å². The highest BCUT2D eigenvalue weighted by Crippen LogP contribution is 2.26. The summed E-state index contributed by atoms with van der Waals surface area (Å²) in [4.78, 5) is 17.2. The molecule has 3 N–H and O–H groups in total. The van der Waals surface area contributed by atoms with Crippen molar-refractivity contribution in [2.75, 3.05) is 13.1 Å². The minimum atomic E-state index is -0.351. The average molecular weight is 259 g/mol. The predicted molar refractivity (Wildman–Crippen MR) is 71.7 cm³/mol. The summed E-state index contributed by atoms with van der Waals surface area (Å²) in [7, 11) is 0. The number of rotatable bonds is 1. The van der Waals surface area contributed by atoms with Gasteiger partial charge in [0.25, 0.3) is 0 Å². The third-order valence-electron chi connectivity index (χ3n) is 3.82. The zero-order valence-corrected chi connectivity index (χ0v) is 10.8. The summed E-state index contributed by atoms with van der Waals surface area (Å²) in [5, 5.41) is 4.45. The summed E-state index contributed by atoms with van der Waals surface area (Å²) >= 11 is 0. The summed E-state index contributed by atoms with van der Waals surface area (Å²) in [6, 6.07) is 3.93. The van der Waals surface area contributed by atoms with Crippen molar-refractivity contribution in [3.63, 3.8) is 0 Å². The van der Waals surface area contributed by atoms with Gasteiger partial charge in [-0.1, -0.05) is 0 Å². The molecule has 2 aliphatic heterocycles. The van der Waals surface area contributed by atoms with Gasteiger partial charge in [0.2, 0.25) is 0 Å². The smallest absolute Gasteiger partial charge is 0.314 e. The minimum absolute atomic E-state index is 0.211. The number of aromatic nitrogens is 1. The Hall–Kier alpha value is -2.11. The molecule has 2 aliphatic rings. The van der Waals surface area contributed by atoms with E-state index in [4.69, 9.17) is 5.73 Å². The summed E-state index contributed by atoms with van der Waals surface area (Å²) in [5.74, 6) is 0.211. The van der Waals surface area contributed by atoms with Crippen LogP contribution < -0.4 is 11.2 Å². The van der Waals surface area contributed by atoms with Crippen LogP contribution in [0.3, 0.4) is 0 Å². The first-order chi connectivity index (χ1) is 9.15. The molecule has 19 heavy (non-hydrogen) atoms. The molecular formula is C13H17N5O. The SMILES string of the molecule is Cc1cc(C2=NNC3CCN(C(N)=O)CC23)ccn1. The number of hydrogen-bond acceptors (Lipinski definition) is 4. The fourth-order valence-electron chi connectivity index (χ4n) is 2.80. The lowest BCUT2D eigenvalue weighted by Crippen LogP contribution is -2.50. The number of urea groups is 1. The third-order valence-corrected chi connectivity index (χ3v) is 3.82. The molecular weight excluding hydrogens is 242 g/mol. The van der Waals surface area contributed by atoms with Crippen LogP contribution in [0.4, 0.5) is 4.79 Å². The Kier molecular flexibility index (Phi) is 2.85. The van der Waals surface area contributed by atoms with E-state index in [9.17, 15) is 4.79 Å². The molecule has 0 bridgehead atoms. The van der Waals surface area contributed by atoms with Crippen molar-refractivity contribution in [3.8, 4) is 0 Å². The van der Waals surface area contributed by atoms with E-state index in [2.05, 4.69) is 15.5 Å². The van der Waals surface area contributed by atoms with Crippen molar-refractivity contribution in [2.45, 2.75) is 19.4 Å². The fraction of sp³-hybridized carbons (Fsp3) is 0.462. The molecule has 2 unspecified atom stereocenters. The topological polar surface area (TPSA) is 83.6 Å². The molecule has 0 spiro atoms. The highest BCUT2D eigenvalue weighted by Gasteiger charge is 2.38. The molecule has 0 saturated carbocycles. The van der Waals surface area contributed by atoms with Gasteiger partial charge in [0.15, 0.2) is 0 Å². The molecule has 1 aromatic heterocycles. The Morgan fingerprint density at radius 3 is 3.16 bits per heavy atom. The molecule has 3 rings (SSSR count). The summed E-state index contributed by atoms with van der Waals surface area (Å²) in [6.45, 7) is 3.29. The van der Waals surface area contributed by atoms with Gasteiger partial charge >= 0.3 is 6.03 Å². The normalized spacial score (nSPS) is 25.5. The molecule has 0 aliphatic carbocycles. The van der Waals surface area contributed by atoms with Gasteiger partial charge in [-0.25, -0.2) is 4.79 Å². The van der Waals surface area contributed by atoms with Crippen LogP contribution in [0.25, 0.3) is 0 Å². The molecule has 2 atom stereocenters. The number of nitrogens with two attached hydrogens (primary N) is 1. The number of fused-ring (bicyclic) bond motifs is 1. The van der Waals surface area contributed by atoms with Gasteiger partial charge in [0.1, 0.15) is 0 Å². The van der Waals surface area contributed by atoms with Crippen molar-refractivity contribution in [1.82, 2.24) is 15.3 Å². The molecule has 1 saturated heterocycles. The van der Waals surface area contributed by atoms with E-state index >= 15 is 0 Å². The molecule has 6 nitrogen and oxygen atoms in total. The molecule has 2 amide bonds. The van der Waals surface area contributed by atoms with E-state index in [0.29, 0.717) is 19.1 Å². The Morgan fingerprint density at radius 2 is 2.42 bits per heavy atom. The van der Waals surface area contributed by atoms with Crippen LogP contribution in [0.2, 0.25) is 0 Å². The number of likely N-dealkylation sites (tertiary alicyclic amines) is 1. The van der Waals surface area contributed by atoms with Gasteiger partial charge < -0.3 is 16.1 Å². The predicted octanol–water partition coefficient (Wildman–Crippen LogP) is 0.467. The van der Waals surface area contributed by atoms with Crippen molar-refractivity contribution in [1.29, 1.82) is 0 Å². The van der Waals surface area contributed by atoms with Crippen LogP contribution in [-0.2, 0) is 0 Å². The number of hydrogen-bond donors (Lipinski definition) is 2. The largest absolute Gasteiger partial charge is 0.351 e. The fourth-order valence-corrected chi connectivity index (χ4v) is 2.80. The van der Waals surface area contributed by atoms with Crippen LogP contribution in [-0.4, -0.2) is 40.8 Å². The summed E-state index contributed by atoms with van der Waals surface area (Å²) < 4.78 is 0. The summed E-state index contributed by atoms with van der Waals surface area (Å²) in [5.41, 5.74) is 11.6. The number of carbonyl (C=O) groups is 1. The van der Waals surface area contributed by atoms with Gasteiger partial charge in [0, 0.05) is 36.5 Å². The zero-order valence-electron chi connectivity index (χ0n) is 10.8. The Morgan fingerprint density at radius 1 is 1.58 bits per heavy atom. The Balaban J connectivity index is 1.85. The second kappa shape index (κ2) is 4.53. The number of aryl methyl sites for hydroxylation is 1. The number of nitrogens with zero attached hydrogens (tertiary/aromatic N) is 3. The van der Waals surface area contributed by atoms with Gasteiger partial charge in [-0.15, -0.1) is 0 Å². The number of hydrazone groups is 1. The quantitative estimate of drug-likeness (QED) is 0.768. The number of amides is 2. The van der Waals surface area contributed by atoms with Gasteiger partial charge in [-0.2, -0.15) is 5.10 Å². The lowest BCUT2D eigenvalue weighted by Gasteiger charge is -2.33. The van der Waals surface area contributed by atoms with Gasteiger partial charge in [-0.05, 0) is 25.5 Å². The number of pyridine rings is 1. The van der Waals surface area contributed by atoms with E-state index in [1.807, 2.05) is 19.1 Å². The lowest BCUT2D eigenvalue weighted by atomic mass is 9.87. The van der Waals surface area contributed by atoms with Crippen molar-refractivity contribution < 1.29 is 4.79 Å². The Bertz CT molecular complexity index is 542. The van der Waals surface area contributed by atoms with E-state index in [0.717, 1.165) is 23.4 Å². The van der Waals surface area contributed by atoms with Crippen molar-refractivity contribution >= 4 is 11.7 Å². The maximum atomic E-state index is 11.3. The van der Waals surface area contributed by atoms with E-state index in [1.165, 1.54) is 0 Å². The first-order valence-electron chi connectivity index (χ1n) is 6.45. The van der Waals surface area contributed by atoms with Gasteiger partial charge in [-0.3, -0.25) is 4.98 Å². The molecule has 0 aromatic carbocycles. The van der Waals surface area contributed by atoms with Crippen LogP contribution in [0.5, 0.6) is 0 Å². The van der Waals surface area contributed by atoms with E-state index in [-0.39, 0.29) is 11.9 Å². The monoisotopic (exact) mass is 259 g/mol. The molecule has 1 fully saturated rings. The van der Waals surface area contributed by atoms with Crippen LogP contribution in [0, 0.1) is 12.8 Å². The van der Waals surface area contributed by atoms with E-state index in [1.54, 1.807) is 11.1 Å². The maximum Gasteiger partial charge on any atom is 0.314 e.